The average molecular weight is 312 g/mol. The summed E-state index contributed by atoms with van der Waals surface area (Å²) >= 11 is 0. The van der Waals surface area contributed by atoms with Gasteiger partial charge >= 0.3 is 0 Å². The number of ether oxygens (including phenoxy) is 1. The van der Waals surface area contributed by atoms with E-state index in [1.807, 2.05) is 6.07 Å². The van der Waals surface area contributed by atoms with Crippen LogP contribution in [0.2, 0.25) is 0 Å². The highest BCUT2D eigenvalue weighted by Crippen LogP contribution is 2.17. The Balaban J connectivity index is 1.64. The zero-order chi connectivity index (χ0) is 16.1. The molecule has 1 aromatic carbocycles. The van der Waals surface area contributed by atoms with Crippen LogP contribution in [0.5, 0.6) is 0 Å². The van der Waals surface area contributed by atoms with Crippen molar-refractivity contribution < 1.29 is 4.74 Å². The number of nitrogens with one attached hydrogen (secondary N) is 1. The van der Waals surface area contributed by atoms with Crippen LogP contribution in [0.4, 0.5) is 11.6 Å². The Kier molecular flexibility index (Phi) is 5.08. The molecule has 1 fully saturated rings. The number of anilines is 2. The molecule has 122 valence electrons. The van der Waals surface area contributed by atoms with Crippen LogP contribution in [0.3, 0.4) is 0 Å². The maximum Gasteiger partial charge on any atom is 0.134 e. The van der Waals surface area contributed by atoms with Crippen molar-refractivity contribution in [1.29, 1.82) is 0 Å². The van der Waals surface area contributed by atoms with E-state index in [0.29, 0.717) is 6.04 Å². The number of hydrogen-bond donors (Lipinski definition) is 1. The van der Waals surface area contributed by atoms with E-state index in [-0.39, 0.29) is 0 Å². The molecular formula is C18H24N4O. The van der Waals surface area contributed by atoms with Gasteiger partial charge in [-0.1, -0.05) is 24.3 Å². The molecule has 0 bridgehead atoms. The molecule has 0 saturated carbocycles. The summed E-state index contributed by atoms with van der Waals surface area (Å²) in [6, 6.07) is 10.9. The molecule has 3 rings (SSSR count). The lowest BCUT2D eigenvalue weighted by Gasteiger charge is -2.28. The van der Waals surface area contributed by atoms with Gasteiger partial charge in [0.05, 0.1) is 13.2 Å². The first-order valence-corrected chi connectivity index (χ1v) is 8.18. The van der Waals surface area contributed by atoms with Gasteiger partial charge in [0.15, 0.2) is 0 Å². The van der Waals surface area contributed by atoms with E-state index in [2.05, 4.69) is 58.3 Å². The van der Waals surface area contributed by atoms with E-state index in [4.69, 9.17) is 4.74 Å². The Morgan fingerprint density at radius 2 is 2.00 bits per heavy atom. The molecule has 23 heavy (non-hydrogen) atoms. The molecule has 0 amide bonds. The quantitative estimate of drug-likeness (QED) is 0.920. The normalized spacial score (nSPS) is 16.2. The van der Waals surface area contributed by atoms with E-state index >= 15 is 0 Å². The van der Waals surface area contributed by atoms with Crippen molar-refractivity contribution in [2.45, 2.75) is 26.3 Å². The third-order valence-electron chi connectivity index (χ3n) is 4.17. The third-order valence-corrected chi connectivity index (χ3v) is 4.17. The summed E-state index contributed by atoms with van der Waals surface area (Å²) in [6.07, 6.45) is 2.61. The number of rotatable bonds is 5. The second kappa shape index (κ2) is 7.42. The fraction of sp³-hybridized carbons (Fsp3) is 0.444. The van der Waals surface area contributed by atoms with E-state index in [9.17, 15) is 0 Å². The Hall–Kier alpha value is -2.14. The highest BCUT2D eigenvalue weighted by Gasteiger charge is 2.14. The summed E-state index contributed by atoms with van der Waals surface area (Å²) in [4.78, 5) is 11.0. The molecule has 2 aromatic rings. The van der Waals surface area contributed by atoms with Crippen molar-refractivity contribution in [1.82, 2.24) is 9.97 Å². The van der Waals surface area contributed by atoms with Crippen molar-refractivity contribution in [3.8, 4) is 0 Å². The van der Waals surface area contributed by atoms with Crippen molar-refractivity contribution in [2.75, 3.05) is 36.5 Å². The predicted octanol–water partition coefficient (Wildman–Crippen LogP) is 2.66. The van der Waals surface area contributed by atoms with Crippen LogP contribution in [-0.4, -0.2) is 42.3 Å². The van der Waals surface area contributed by atoms with E-state index in [1.54, 1.807) is 6.33 Å². The molecule has 5 nitrogen and oxygen atoms in total. The van der Waals surface area contributed by atoms with Crippen molar-refractivity contribution in [3.63, 3.8) is 0 Å². The lowest BCUT2D eigenvalue weighted by atomic mass is 10.0. The maximum atomic E-state index is 5.39. The van der Waals surface area contributed by atoms with E-state index in [0.717, 1.165) is 44.4 Å². The summed E-state index contributed by atoms with van der Waals surface area (Å²) in [5.74, 6) is 1.84. The Morgan fingerprint density at radius 1 is 1.22 bits per heavy atom. The van der Waals surface area contributed by atoms with Gasteiger partial charge < -0.3 is 15.0 Å². The van der Waals surface area contributed by atoms with Crippen LogP contribution < -0.4 is 10.2 Å². The van der Waals surface area contributed by atoms with Crippen LogP contribution in [-0.2, 0) is 11.2 Å². The fourth-order valence-electron chi connectivity index (χ4n) is 2.86. The molecule has 2 heterocycles. The highest BCUT2D eigenvalue weighted by molar-refractivity contribution is 5.49. The van der Waals surface area contributed by atoms with Gasteiger partial charge in [-0.2, -0.15) is 0 Å². The Morgan fingerprint density at radius 3 is 2.78 bits per heavy atom. The molecule has 1 aliphatic heterocycles. The first-order valence-electron chi connectivity index (χ1n) is 8.18. The number of aryl methyl sites for hydroxylation is 1. The van der Waals surface area contributed by atoms with Gasteiger partial charge in [-0.05, 0) is 31.4 Å². The van der Waals surface area contributed by atoms with E-state index < -0.39 is 0 Å². The zero-order valence-corrected chi connectivity index (χ0v) is 13.8. The molecule has 1 aliphatic rings. The smallest absolute Gasteiger partial charge is 0.134 e. The van der Waals surface area contributed by atoms with Crippen LogP contribution in [0, 0.1) is 6.92 Å². The first kappa shape index (κ1) is 15.7. The molecule has 5 heteroatoms. The molecule has 0 radical (unpaired) electrons. The average Bonchev–Trinajstić information content (AvgIpc) is 2.58. The van der Waals surface area contributed by atoms with E-state index in [1.165, 1.54) is 11.1 Å². The second-order valence-corrected chi connectivity index (χ2v) is 6.04. The van der Waals surface area contributed by atoms with Gasteiger partial charge in [-0.15, -0.1) is 0 Å². The lowest BCUT2D eigenvalue weighted by Crippen LogP contribution is -2.36. The number of hydrogen-bond acceptors (Lipinski definition) is 5. The summed E-state index contributed by atoms with van der Waals surface area (Å²) in [5.41, 5.74) is 2.70. The number of morpholine rings is 1. The monoisotopic (exact) mass is 312 g/mol. The largest absolute Gasteiger partial charge is 0.378 e. The zero-order valence-electron chi connectivity index (χ0n) is 13.8. The van der Waals surface area contributed by atoms with Crippen molar-refractivity contribution in [3.05, 3.63) is 47.8 Å². The first-order chi connectivity index (χ1) is 11.2. The van der Waals surface area contributed by atoms with Crippen LogP contribution >= 0.6 is 0 Å². The molecule has 0 aliphatic carbocycles. The standard InChI is InChI=1S/C18H24N4O/c1-14-5-3-4-6-16(14)11-15(2)21-17-12-18(20-13-19-17)22-7-9-23-10-8-22/h3-6,12-13,15H,7-11H2,1-2H3,(H,19,20,21). The third kappa shape index (κ3) is 4.20. The van der Waals surface area contributed by atoms with Gasteiger partial charge in [0.1, 0.15) is 18.0 Å². The van der Waals surface area contributed by atoms with Crippen molar-refractivity contribution in [2.24, 2.45) is 0 Å². The molecule has 1 aromatic heterocycles. The second-order valence-electron chi connectivity index (χ2n) is 6.04. The summed E-state index contributed by atoms with van der Waals surface area (Å²) in [5, 5.41) is 3.49. The molecule has 0 spiro atoms. The SMILES string of the molecule is Cc1ccccc1CC(C)Nc1cc(N2CCOCC2)ncn1. The molecule has 1 atom stereocenters. The molecule has 1 saturated heterocycles. The number of nitrogens with zero attached hydrogens (tertiary/aromatic N) is 3. The van der Waals surface area contributed by atoms with Gasteiger partial charge in [0, 0.05) is 25.2 Å². The van der Waals surface area contributed by atoms with Crippen LogP contribution in [0.25, 0.3) is 0 Å². The van der Waals surface area contributed by atoms with Crippen molar-refractivity contribution >= 4 is 11.6 Å². The minimum absolute atomic E-state index is 0.309. The molecular weight excluding hydrogens is 288 g/mol. The van der Waals surface area contributed by atoms with Crippen LogP contribution in [0.1, 0.15) is 18.1 Å². The Labute approximate surface area is 137 Å². The molecule has 1 unspecified atom stereocenters. The highest BCUT2D eigenvalue weighted by atomic mass is 16.5. The lowest BCUT2D eigenvalue weighted by molar-refractivity contribution is 0.122. The minimum atomic E-state index is 0.309. The minimum Gasteiger partial charge on any atom is -0.378 e. The predicted molar refractivity (Wildman–Crippen MR) is 93.0 cm³/mol. The molecule has 1 N–H and O–H groups in total. The topological polar surface area (TPSA) is 50.3 Å². The maximum absolute atomic E-state index is 5.39. The number of aromatic nitrogens is 2. The van der Waals surface area contributed by atoms with Gasteiger partial charge in [-0.25, -0.2) is 9.97 Å². The summed E-state index contributed by atoms with van der Waals surface area (Å²) < 4.78 is 5.39. The van der Waals surface area contributed by atoms with Crippen LogP contribution in [0.15, 0.2) is 36.7 Å². The van der Waals surface area contributed by atoms with Gasteiger partial charge in [0.2, 0.25) is 0 Å². The summed E-state index contributed by atoms with van der Waals surface area (Å²) in [7, 11) is 0. The van der Waals surface area contributed by atoms with Gasteiger partial charge in [-0.3, -0.25) is 0 Å². The number of benzene rings is 1. The fourth-order valence-corrected chi connectivity index (χ4v) is 2.86. The summed E-state index contributed by atoms with van der Waals surface area (Å²) in [6.45, 7) is 7.63. The van der Waals surface area contributed by atoms with Gasteiger partial charge in [0.25, 0.3) is 0 Å². The Bertz CT molecular complexity index is 640.